The van der Waals surface area contributed by atoms with Crippen LogP contribution in [0.25, 0.3) is 10.8 Å². The number of hydrogen-bond donors (Lipinski definition) is 0. The summed E-state index contributed by atoms with van der Waals surface area (Å²) in [7, 11) is 4.12. The Morgan fingerprint density at radius 1 is 1.11 bits per heavy atom. The predicted octanol–water partition coefficient (Wildman–Crippen LogP) is 4.07. The van der Waals surface area contributed by atoms with E-state index in [2.05, 4.69) is 61.5 Å². The molecule has 2 rings (SSSR count). The predicted molar refractivity (Wildman–Crippen MR) is 79.4 cm³/mol. The highest BCUT2D eigenvalue weighted by Crippen LogP contribution is 2.20. The van der Waals surface area contributed by atoms with Crippen LogP contribution in [-0.2, 0) is 4.79 Å². The van der Waals surface area contributed by atoms with Crippen molar-refractivity contribution in [3.8, 4) is 0 Å². The minimum absolute atomic E-state index is 0.273. The number of nitrogens with zero attached hydrogens (tertiary/aromatic N) is 1. The molecule has 0 saturated heterocycles. The van der Waals surface area contributed by atoms with Crippen molar-refractivity contribution in [2.75, 3.05) is 19.0 Å². The molecule has 3 heteroatoms. The van der Waals surface area contributed by atoms with Gasteiger partial charge in [0.25, 0.3) is 0 Å². The maximum absolute atomic E-state index is 9.58. The number of benzene rings is 2. The molecule has 0 spiro atoms. The Morgan fingerprint density at radius 3 is 2.17 bits per heavy atom. The summed E-state index contributed by atoms with van der Waals surface area (Å²) >= 11 is 4.82. The van der Waals surface area contributed by atoms with E-state index < -0.39 is 0 Å². The zero-order valence-electron chi connectivity index (χ0n) is 11.0. The van der Waals surface area contributed by atoms with Crippen LogP contribution >= 0.6 is 11.6 Å². The van der Waals surface area contributed by atoms with Crippen LogP contribution in [0.15, 0.2) is 42.5 Å². The minimum Gasteiger partial charge on any atom is -0.378 e. The maximum atomic E-state index is 9.58. The molecule has 0 aliphatic rings. The highest BCUT2D eigenvalue weighted by molar-refractivity contribution is 6.63. The lowest BCUT2D eigenvalue weighted by Crippen LogP contribution is -2.07. The van der Waals surface area contributed by atoms with Gasteiger partial charge in [-0.1, -0.05) is 37.3 Å². The van der Waals surface area contributed by atoms with E-state index in [1.807, 2.05) is 0 Å². The zero-order valence-corrected chi connectivity index (χ0v) is 11.7. The van der Waals surface area contributed by atoms with Crippen molar-refractivity contribution in [2.45, 2.75) is 13.3 Å². The first-order valence-corrected chi connectivity index (χ1v) is 6.27. The van der Waals surface area contributed by atoms with Crippen LogP contribution in [0.1, 0.15) is 13.3 Å². The summed E-state index contributed by atoms with van der Waals surface area (Å²) in [6.07, 6.45) is 0.432. The third-order valence-electron chi connectivity index (χ3n) is 2.53. The van der Waals surface area contributed by atoms with Gasteiger partial charge in [-0.2, -0.15) is 0 Å². The fraction of sp³-hybridized carbons (Fsp3) is 0.267. The molecule has 2 aromatic rings. The second-order valence-corrected chi connectivity index (χ2v) is 4.56. The Hall–Kier alpha value is -1.54. The molecule has 2 nitrogen and oxygen atoms in total. The molecule has 0 amide bonds. The van der Waals surface area contributed by atoms with Gasteiger partial charge in [-0.3, -0.25) is 4.79 Å². The maximum Gasteiger partial charge on any atom is 0.221 e. The van der Waals surface area contributed by atoms with Gasteiger partial charge in [0.2, 0.25) is 5.24 Å². The first-order valence-electron chi connectivity index (χ1n) is 5.89. The third kappa shape index (κ3) is 4.38. The van der Waals surface area contributed by atoms with Crippen LogP contribution in [0, 0.1) is 0 Å². The van der Waals surface area contributed by atoms with Gasteiger partial charge in [0, 0.05) is 26.2 Å². The van der Waals surface area contributed by atoms with Crippen LogP contribution in [0.3, 0.4) is 0 Å². The van der Waals surface area contributed by atoms with Crippen molar-refractivity contribution < 1.29 is 4.79 Å². The highest BCUT2D eigenvalue weighted by Gasteiger charge is 1.96. The van der Waals surface area contributed by atoms with Crippen molar-refractivity contribution in [3.63, 3.8) is 0 Å². The molecule has 0 aliphatic carbocycles. The molecule has 0 heterocycles. The number of carbonyl (C=O) groups excluding carboxylic acids is 1. The van der Waals surface area contributed by atoms with Gasteiger partial charge in [-0.15, -0.1) is 0 Å². The molecule has 0 radical (unpaired) electrons. The molecule has 0 fully saturated rings. The monoisotopic (exact) mass is 263 g/mol. The molecular weight excluding hydrogens is 246 g/mol. The number of fused-ring (bicyclic) bond motifs is 1. The fourth-order valence-electron chi connectivity index (χ4n) is 1.45. The number of hydrogen-bond acceptors (Lipinski definition) is 2. The molecule has 0 N–H and O–H groups in total. The van der Waals surface area contributed by atoms with Crippen molar-refractivity contribution in [2.24, 2.45) is 0 Å². The van der Waals surface area contributed by atoms with E-state index in [-0.39, 0.29) is 5.24 Å². The van der Waals surface area contributed by atoms with Crippen LogP contribution < -0.4 is 4.90 Å². The van der Waals surface area contributed by atoms with Crippen LogP contribution in [-0.4, -0.2) is 19.3 Å². The molecule has 0 unspecified atom stereocenters. The molecular formula is C15H18ClNO. The number of anilines is 1. The second kappa shape index (κ2) is 7.02. The van der Waals surface area contributed by atoms with E-state index in [0.29, 0.717) is 6.42 Å². The Balaban J connectivity index is 0.000000280. The number of rotatable bonds is 2. The van der Waals surface area contributed by atoms with Crippen LogP contribution in [0.5, 0.6) is 0 Å². The molecule has 0 saturated carbocycles. The van der Waals surface area contributed by atoms with E-state index in [0.717, 1.165) is 0 Å². The van der Waals surface area contributed by atoms with Gasteiger partial charge in [0.1, 0.15) is 0 Å². The molecule has 96 valence electrons. The van der Waals surface area contributed by atoms with Gasteiger partial charge >= 0.3 is 0 Å². The molecule has 0 bridgehead atoms. The van der Waals surface area contributed by atoms with Crippen LogP contribution in [0.2, 0.25) is 0 Å². The normalized spacial score (nSPS) is 9.56. The highest BCUT2D eigenvalue weighted by atomic mass is 35.5. The largest absolute Gasteiger partial charge is 0.378 e. The van der Waals surface area contributed by atoms with Gasteiger partial charge in [-0.05, 0) is 34.5 Å². The number of carbonyl (C=O) groups is 1. The molecule has 0 atom stereocenters. The van der Waals surface area contributed by atoms with E-state index >= 15 is 0 Å². The Labute approximate surface area is 113 Å². The average Bonchev–Trinajstić information content (AvgIpc) is 2.38. The van der Waals surface area contributed by atoms with E-state index in [1.54, 1.807) is 6.92 Å². The Kier molecular flexibility index (Phi) is 5.66. The lowest BCUT2D eigenvalue weighted by atomic mass is 10.1. The lowest BCUT2D eigenvalue weighted by molar-refractivity contribution is -0.111. The summed E-state index contributed by atoms with van der Waals surface area (Å²) in [5, 5.41) is 2.33. The summed E-state index contributed by atoms with van der Waals surface area (Å²) in [6.45, 7) is 1.72. The van der Waals surface area contributed by atoms with Crippen molar-refractivity contribution in [3.05, 3.63) is 42.5 Å². The summed E-state index contributed by atoms with van der Waals surface area (Å²) in [5.74, 6) is 0. The summed E-state index contributed by atoms with van der Waals surface area (Å²) in [5.41, 5.74) is 1.25. The van der Waals surface area contributed by atoms with E-state index in [9.17, 15) is 4.79 Å². The van der Waals surface area contributed by atoms with Gasteiger partial charge in [0.05, 0.1) is 0 Å². The molecule has 18 heavy (non-hydrogen) atoms. The first-order chi connectivity index (χ1) is 8.54. The van der Waals surface area contributed by atoms with Gasteiger partial charge in [0.15, 0.2) is 0 Å². The average molecular weight is 264 g/mol. The first kappa shape index (κ1) is 14.5. The Morgan fingerprint density at radius 2 is 1.67 bits per heavy atom. The van der Waals surface area contributed by atoms with Gasteiger partial charge < -0.3 is 4.90 Å². The third-order valence-corrected chi connectivity index (χ3v) is 2.79. The van der Waals surface area contributed by atoms with Crippen molar-refractivity contribution >= 4 is 33.3 Å². The molecule has 0 aromatic heterocycles. The summed E-state index contributed by atoms with van der Waals surface area (Å²) in [4.78, 5) is 11.7. The SMILES string of the molecule is CCC(=O)Cl.CN(C)c1ccc2ccccc2c1. The number of halogens is 1. The van der Waals surface area contributed by atoms with Gasteiger partial charge in [-0.25, -0.2) is 0 Å². The molecule has 2 aromatic carbocycles. The second-order valence-electron chi connectivity index (χ2n) is 4.13. The van der Waals surface area contributed by atoms with Crippen LogP contribution in [0.4, 0.5) is 5.69 Å². The quantitative estimate of drug-likeness (QED) is 0.762. The smallest absolute Gasteiger partial charge is 0.221 e. The summed E-state index contributed by atoms with van der Waals surface area (Å²) in [6, 6.07) is 14.9. The standard InChI is InChI=1S/C12H13N.C3H5ClO/c1-13(2)12-8-7-10-5-3-4-6-11(10)9-12;1-2-3(4)5/h3-9H,1-2H3;2H2,1H3. The minimum atomic E-state index is -0.273. The zero-order chi connectivity index (χ0) is 13.5. The van der Waals surface area contributed by atoms with Crippen molar-refractivity contribution in [1.82, 2.24) is 0 Å². The lowest BCUT2D eigenvalue weighted by Gasteiger charge is -2.12. The topological polar surface area (TPSA) is 20.3 Å². The summed E-state index contributed by atoms with van der Waals surface area (Å²) < 4.78 is 0. The Bertz CT molecular complexity index is 523. The van der Waals surface area contributed by atoms with E-state index in [1.165, 1.54) is 16.5 Å². The molecule has 0 aliphatic heterocycles. The fourth-order valence-corrected chi connectivity index (χ4v) is 1.45. The van der Waals surface area contributed by atoms with Crippen molar-refractivity contribution in [1.29, 1.82) is 0 Å². The van der Waals surface area contributed by atoms with E-state index in [4.69, 9.17) is 11.6 Å².